The largest absolute Gasteiger partial charge is 0.367 e. The molecule has 0 saturated carbocycles. The van der Waals surface area contributed by atoms with Crippen molar-refractivity contribution in [3.8, 4) is 0 Å². The van der Waals surface area contributed by atoms with Crippen molar-refractivity contribution in [3.05, 3.63) is 11.5 Å². The molecule has 0 aromatic rings. The number of amides is 2. The summed E-state index contributed by atoms with van der Waals surface area (Å²) >= 11 is 0. The number of carbonyl (C=O) groups excluding carboxylic acids is 2. The minimum atomic E-state index is -1.22. The minimum absolute atomic E-state index is 0.0613. The van der Waals surface area contributed by atoms with Crippen LogP contribution in [0.4, 0.5) is 8.78 Å². The molecule has 0 spiro atoms. The van der Waals surface area contributed by atoms with Gasteiger partial charge in [0.05, 0.1) is 24.4 Å². The van der Waals surface area contributed by atoms with Gasteiger partial charge in [-0.25, -0.2) is 8.78 Å². The quantitative estimate of drug-likeness (QED) is 0.408. The molecule has 0 radical (unpaired) electrons. The fraction of sp³-hybridized carbons (Fsp3) is 0.773. The summed E-state index contributed by atoms with van der Waals surface area (Å²) in [5, 5.41) is 2.98. The molecule has 0 aliphatic carbocycles. The summed E-state index contributed by atoms with van der Waals surface area (Å²) in [5.74, 6) is -1.50. The molecule has 12 heteroatoms. The molecular formula is C22H36F2N8O2. The van der Waals surface area contributed by atoms with Gasteiger partial charge in [0.15, 0.2) is 0 Å². The predicted octanol–water partition coefficient (Wildman–Crippen LogP) is -1.17. The van der Waals surface area contributed by atoms with E-state index in [-0.39, 0.29) is 30.9 Å². The second kappa shape index (κ2) is 10.2. The van der Waals surface area contributed by atoms with E-state index >= 15 is 4.39 Å². The van der Waals surface area contributed by atoms with Crippen molar-refractivity contribution in [1.29, 1.82) is 0 Å². The van der Waals surface area contributed by atoms with Gasteiger partial charge in [-0.05, 0) is 20.0 Å². The summed E-state index contributed by atoms with van der Waals surface area (Å²) < 4.78 is 29.2. The zero-order valence-corrected chi connectivity index (χ0v) is 19.9. The molecule has 190 valence electrons. The number of likely N-dealkylation sites (N-methyl/N-ethyl adjacent to an activating group) is 1. The Morgan fingerprint density at radius 1 is 1.29 bits per heavy atom. The smallest absolute Gasteiger partial charge is 0.230 e. The van der Waals surface area contributed by atoms with Crippen LogP contribution in [0.1, 0.15) is 19.8 Å². The zero-order chi connectivity index (χ0) is 24.6. The van der Waals surface area contributed by atoms with E-state index in [4.69, 9.17) is 11.5 Å². The van der Waals surface area contributed by atoms with Gasteiger partial charge in [0.2, 0.25) is 11.8 Å². The Labute approximate surface area is 199 Å². The fourth-order valence-electron chi connectivity index (χ4n) is 5.58. The first-order valence-corrected chi connectivity index (χ1v) is 12.0. The summed E-state index contributed by atoms with van der Waals surface area (Å²) in [7, 11) is 1.67. The molecule has 5 atom stereocenters. The molecule has 0 aromatic carbocycles. The summed E-state index contributed by atoms with van der Waals surface area (Å²) in [6.07, 6.45) is -0.497. The summed E-state index contributed by atoms with van der Waals surface area (Å²) in [5.41, 5.74) is 12.4. The van der Waals surface area contributed by atoms with Gasteiger partial charge in [0.25, 0.3) is 0 Å². The molecule has 2 fully saturated rings. The summed E-state index contributed by atoms with van der Waals surface area (Å²) in [4.78, 5) is 37.1. The normalized spacial score (nSPS) is 31.9. The van der Waals surface area contributed by atoms with Crippen LogP contribution in [0.2, 0.25) is 0 Å². The Kier molecular flexibility index (Phi) is 7.51. The lowest BCUT2D eigenvalue weighted by Crippen LogP contribution is -2.62. The summed E-state index contributed by atoms with van der Waals surface area (Å²) in [6, 6.07) is -0.538. The van der Waals surface area contributed by atoms with Gasteiger partial charge in [0.1, 0.15) is 24.1 Å². The van der Waals surface area contributed by atoms with E-state index < -0.39 is 36.4 Å². The molecule has 4 unspecified atom stereocenters. The number of nitrogens with zero attached hydrogens (tertiary/aromatic N) is 5. The van der Waals surface area contributed by atoms with Crippen molar-refractivity contribution < 1.29 is 18.4 Å². The first-order valence-electron chi connectivity index (χ1n) is 12.0. The number of carbonyl (C=O) groups is 2. The molecule has 2 amide bonds. The molecule has 10 nitrogen and oxygen atoms in total. The minimum Gasteiger partial charge on any atom is -0.367 e. The number of hydrogen-bond acceptors (Lipinski definition) is 8. The monoisotopic (exact) mass is 482 g/mol. The van der Waals surface area contributed by atoms with Crippen LogP contribution in [0.25, 0.3) is 0 Å². The number of halogens is 2. The molecule has 4 heterocycles. The highest BCUT2D eigenvalue weighted by Gasteiger charge is 2.42. The van der Waals surface area contributed by atoms with Crippen molar-refractivity contribution in [1.82, 2.24) is 24.9 Å². The second-order valence-corrected chi connectivity index (χ2v) is 9.68. The van der Waals surface area contributed by atoms with Crippen molar-refractivity contribution in [2.24, 2.45) is 22.4 Å². The zero-order valence-electron chi connectivity index (χ0n) is 19.9. The van der Waals surface area contributed by atoms with Crippen LogP contribution in [0.5, 0.6) is 0 Å². The average molecular weight is 483 g/mol. The van der Waals surface area contributed by atoms with Gasteiger partial charge in [-0.2, -0.15) is 0 Å². The summed E-state index contributed by atoms with van der Waals surface area (Å²) in [6.45, 7) is 4.87. The van der Waals surface area contributed by atoms with E-state index in [1.165, 1.54) is 6.21 Å². The van der Waals surface area contributed by atoms with Crippen molar-refractivity contribution in [2.75, 3.05) is 52.9 Å². The van der Waals surface area contributed by atoms with Crippen LogP contribution in [-0.2, 0) is 9.59 Å². The molecule has 34 heavy (non-hydrogen) atoms. The third-order valence-corrected chi connectivity index (χ3v) is 7.36. The lowest BCUT2D eigenvalue weighted by molar-refractivity contribution is -0.130. The number of alkyl halides is 1. The third kappa shape index (κ3) is 4.95. The number of nitrogens with two attached hydrogens (primary N) is 2. The maximum absolute atomic E-state index is 15.5. The van der Waals surface area contributed by atoms with Gasteiger partial charge in [0, 0.05) is 51.4 Å². The number of rotatable bonds is 6. The highest BCUT2D eigenvalue weighted by molar-refractivity contribution is 5.81. The Hall–Kier alpha value is -2.15. The SMILES string of the molecule is CCN1CC(F)=C(N2CCN3C(=O)CC[C@@H]3C2)C(NC(=O)C(C(N)N)C2N=CC(F)CN2C)C1. The van der Waals surface area contributed by atoms with Crippen molar-refractivity contribution >= 4 is 18.0 Å². The van der Waals surface area contributed by atoms with E-state index in [0.717, 1.165) is 6.42 Å². The first kappa shape index (κ1) is 25.0. The van der Waals surface area contributed by atoms with Crippen molar-refractivity contribution in [2.45, 2.75) is 50.4 Å². The molecule has 4 aliphatic heterocycles. The van der Waals surface area contributed by atoms with Gasteiger partial charge >= 0.3 is 0 Å². The number of piperazine rings is 1. The molecule has 5 N–H and O–H groups in total. The van der Waals surface area contributed by atoms with E-state index in [0.29, 0.717) is 44.8 Å². The maximum Gasteiger partial charge on any atom is 0.230 e. The van der Waals surface area contributed by atoms with E-state index in [1.54, 1.807) is 11.9 Å². The van der Waals surface area contributed by atoms with Gasteiger partial charge in [-0.1, -0.05) is 6.92 Å². The molecule has 4 aliphatic rings. The topological polar surface area (TPSA) is 124 Å². The lowest BCUT2D eigenvalue weighted by atomic mass is 9.97. The maximum atomic E-state index is 15.5. The highest BCUT2D eigenvalue weighted by Crippen LogP contribution is 2.30. The Balaban J connectivity index is 1.55. The Morgan fingerprint density at radius 2 is 2.06 bits per heavy atom. The fourth-order valence-corrected chi connectivity index (χ4v) is 5.58. The second-order valence-electron chi connectivity index (χ2n) is 9.68. The van der Waals surface area contributed by atoms with Crippen LogP contribution in [0.15, 0.2) is 16.5 Å². The van der Waals surface area contributed by atoms with Gasteiger partial charge in [-0.3, -0.25) is 24.4 Å². The number of hydrogen-bond donors (Lipinski definition) is 3. The number of nitrogens with one attached hydrogen (secondary N) is 1. The third-order valence-electron chi connectivity index (χ3n) is 7.36. The van der Waals surface area contributed by atoms with Crippen LogP contribution in [-0.4, -0.2) is 121 Å². The molecule has 2 saturated heterocycles. The van der Waals surface area contributed by atoms with E-state index in [1.807, 2.05) is 21.6 Å². The Morgan fingerprint density at radius 3 is 2.74 bits per heavy atom. The molecule has 0 aromatic heterocycles. The van der Waals surface area contributed by atoms with E-state index in [2.05, 4.69) is 10.3 Å². The van der Waals surface area contributed by atoms with Crippen LogP contribution in [0, 0.1) is 5.92 Å². The molecule has 0 bridgehead atoms. The Bertz CT molecular complexity index is 853. The standard InChI is InChI=1S/C22H36F2N8O2/c1-3-30-11-15(24)19(31-6-7-32-14(10-31)4-5-17(32)33)16(12-30)28-22(34)18(20(25)26)21-27-8-13(23)9-29(21)2/h8,13-14,16,18,20-21H,3-7,9-12,25-26H2,1-2H3,(H,28,34)/t13?,14-,16?,18?,21?/m1/s1. The molecular weight excluding hydrogens is 446 g/mol. The average Bonchev–Trinajstić information content (AvgIpc) is 3.15. The van der Waals surface area contributed by atoms with Crippen molar-refractivity contribution in [3.63, 3.8) is 0 Å². The van der Waals surface area contributed by atoms with Gasteiger partial charge in [-0.15, -0.1) is 0 Å². The lowest BCUT2D eigenvalue weighted by Gasteiger charge is -2.45. The predicted molar refractivity (Wildman–Crippen MR) is 124 cm³/mol. The van der Waals surface area contributed by atoms with Crippen LogP contribution in [0.3, 0.4) is 0 Å². The molecule has 4 rings (SSSR count). The van der Waals surface area contributed by atoms with Crippen LogP contribution >= 0.6 is 0 Å². The van der Waals surface area contributed by atoms with E-state index in [9.17, 15) is 14.0 Å². The number of fused-ring (bicyclic) bond motifs is 1. The highest BCUT2D eigenvalue weighted by atomic mass is 19.1. The van der Waals surface area contributed by atoms with Gasteiger partial charge < -0.3 is 26.6 Å². The van der Waals surface area contributed by atoms with Crippen LogP contribution < -0.4 is 16.8 Å². The first-order chi connectivity index (χ1) is 16.2. The number of aliphatic imine (C=N–C) groups is 1.